The molecule has 0 atom stereocenters. The lowest BCUT2D eigenvalue weighted by Gasteiger charge is -2.51. The molecule has 0 saturated heterocycles. The molecule has 1 saturated carbocycles. The summed E-state index contributed by atoms with van der Waals surface area (Å²) in [4.78, 5) is 4.69. The van der Waals surface area contributed by atoms with Crippen molar-refractivity contribution < 1.29 is 0 Å². The van der Waals surface area contributed by atoms with Gasteiger partial charge in [0.1, 0.15) is 0 Å². The predicted octanol–water partition coefficient (Wildman–Crippen LogP) is 4.44. The molecule has 3 aliphatic rings. The Kier molecular flexibility index (Phi) is 2.36. The number of rotatable bonds is 0. The number of aromatic nitrogens is 1. The van der Waals surface area contributed by atoms with E-state index in [0.717, 1.165) is 8.59 Å². The summed E-state index contributed by atoms with van der Waals surface area (Å²) in [7, 11) is 0. The predicted molar refractivity (Wildman–Crippen MR) is 75.1 cm³/mol. The van der Waals surface area contributed by atoms with Crippen molar-refractivity contribution in [1.82, 2.24) is 4.98 Å². The van der Waals surface area contributed by atoms with Crippen LogP contribution in [0.25, 0.3) is 0 Å². The topological polar surface area (TPSA) is 12.9 Å². The third kappa shape index (κ3) is 1.32. The molecule has 0 aliphatic heterocycles. The SMILES string of the molecule is CC12CCC(C)(CC1)c1c2ncc(I)c1Cl. The van der Waals surface area contributed by atoms with Crippen LogP contribution in [-0.2, 0) is 10.8 Å². The average Bonchev–Trinajstić information content (AvgIpc) is 2.26. The van der Waals surface area contributed by atoms with Gasteiger partial charge in [0.05, 0.1) is 14.3 Å². The second-order valence-electron chi connectivity index (χ2n) is 5.77. The molecule has 1 fully saturated rings. The van der Waals surface area contributed by atoms with E-state index in [1.165, 1.54) is 36.9 Å². The van der Waals surface area contributed by atoms with Gasteiger partial charge in [-0.15, -0.1) is 0 Å². The fourth-order valence-electron chi connectivity index (χ4n) is 3.31. The zero-order chi connectivity index (χ0) is 11.6. The van der Waals surface area contributed by atoms with Crippen LogP contribution < -0.4 is 0 Å². The number of fused-ring (bicyclic) bond motifs is 2. The molecule has 0 radical (unpaired) electrons. The van der Waals surface area contributed by atoms with Gasteiger partial charge in [0.15, 0.2) is 0 Å². The van der Waals surface area contributed by atoms with E-state index >= 15 is 0 Å². The van der Waals surface area contributed by atoms with Crippen molar-refractivity contribution >= 4 is 34.2 Å². The number of hydrogen-bond acceptors (Lipinski definition) is 1. The summed E-state index contributed by atoms with van der Waals surface area (Å²) < 4.78 is 1.09. The minimum atomic E-state index is 0.276. The Morgan fingerprint density at radius 2 is 1.75 bits per heavy atom. The first kappa shape index (κ1) is 11.3. The zero-order valence-corrected chi connectivity index (χ0v) is 12.5. The smallest absolute Gasteiger partial charge is 0.0611 e. The van der Waals surface area contributed by atoms with Crippen molar-refractivity contribution in [2.45, 2.75) is 50.4 Å². The number of nitrogens with zero attached hydrogens (tertiary/aromatic N) is 1. The first-order chi connectivity index (χ1) is 7.46. The third-order valence-electron chi connectivity index (χ3n) is 4.61. The molecule has 16 heavy (non-hydrogen) atoms. The average molecular weight is 348 g/mol. The highest BCUT2D eigenvalue weighted by Crippen LogP contribution is 2.57. The molecule has 3 heteroatoms. The summed E-state index contributed by atoms with van der Waals surface area (Å²) in [6.07, 6.45) is 6.98. The van der Waals surface area contributed by atoms with Crippen molar-refractivity contribution in [3.05, 3.63) is 26.0 Å². The maximum Gasteiger partial charge on any atom is 0.0611 e. The molecule has 2 bridgehead atoms. The fourth-order valence-corrected chi connectivity index (χ4v) is 4.09. The lowest BCUT2D eigenvalue weighted by atomic mass is 9.54. The standard InChI is InChI=1S/C13H15ClIN/c1-12-3-5-13(2,6-4-12)11-9(12)10(14)8(15)7-16-11/h7H,3-6H2,1-2H3. The molecule has 0 unspecified atom stereocenters. The highest BCUT2D eigenvalue weighted by molar-refractivity contribution is 14.1. The Labute approximate surface area is 115 Å². The van der Waals surface area contributed by atoms with Crippen LogP contribution >= 0.6 is 34.2 Å². The van der Waals surface area contributed by atoms with E-state index in [2.05, 4.69) is 41.4 Å². The Bertz CT molecular complexity index is 461. The molecular weight excluding hydrogens is 333 g/mol. The van der Waals surface area contributed by atoms with Crippen LogP contribution in [0.15, 0.2) is 6.20 Å². The van der Waals surface area contributed by atoms with Gasteiger partial charge in [-0.05, 0) is 59.3 Å². The lowest BCUT2D eigenvalue weighted by molar-refractivity contribution is 0.181. The minimum absolute atomic E-state index is 0.276. The van der Waals surface area contributed by atoms with E-state index in [4.69, 9.17) is 11.6 Å². The van der Waals surface area contributed by atoms with Crippen LogP contribution in [0.5, 0.6) is 0 Å². The van der Waals surface area contributed by atoms with Gasteiger partial charge in [-0.3, -0.25) is 4.98 Å². The van der Waals surface area contributed by atoms with Crippen molar-refractivity contribution in [2.75, 3.05) is 0 Å². The summed E-state index contributed by atoms with van der Waals surface area (Å²) in [5.41, 5.74) is 3.18. The van der Waals surface area contributed by atoms with Crippen LogP contribution in [0.3, 0.4) is 0 Å². The first-order valence-electron chi connectivity index (χ1n) is 5.81. The van der Waals surface area contributed by atoms with Crippen LogP contribution in [-0.4, -0.2) is 4.98 Å². The summed E-state index contributed by atoms with van der Waals surface area (Å²) in [5.74, 6) is 0. The largest absolute Gasteiger partial charge is 0.259 e. The molecule has 1 heterocycles. The van der Waals surface area contributed by atoms with Crippen LogP contribution in [0.4, 0.5) is 0 Å². The fraction of sp³-hybridized carbons (Fsp3) is 0.615. The van der Waals surface area contributed by atoms with E-state index < -0.39 is 0 Å². The molecule has 0 aromatic carbocycles. The van der Waals surface area contributed by atoms with E-state index in [9.17, 15) is 0 Å². The van der Waals surface area contributed by atoms with Crippen LogP contribution in [0.1, 0.15) is 50.8 Å². The molecule has 1 aromatic rings. The minimum Gasteiger partial charge on any atom is -0.259 e. The highest BCUT2D eigenvalue weighted by Gasteiger charge is 2.49. The number of halogens is 2. The summed E-state index contributed by atoms with van der Waals surface area (Å²) in [6.45, 7) is 4.70. The Morgan fingerprint density at radius 3 is 2.38 bits per heavy atom. The van der Waals surface area contributed by atoms with Crippen molar-refractivity contribution in [3.63, 3.8) is 0 Å². The maximum absolute atomic E-state index is 6.51. The molecule has 4 rings (SSSR count). The first-order valence-corrected chi connectivity index (χ1v) is 7.27. The van der Waals surface area contributed by atoms with Crippen molar-refractivity contribution in [1.29, 1.82) is 0 Å². The van der Waals surface area contributed by atoms with Crippen molar-refractivity contribution in [3.8, 4) is 0 Å². The summed E-state index contributed by atoms with van der Waals surface area (Å²) in [6, 6.07) is 0. The molecule has 86 valence electrons. The van der Waals surface area contributed by atoms with Gasteiger partial charge < -0.3 is 0 Å². The van der Waals surface area contributed by atoms with E-state index in [0.29, 0.717) is 0 Å². The molecule has 1 aromatic heterocycles. The van der Waals surface area contributed by atoms with Gasteiger partial charge in [0.2, 0.25) is 0 Å². The van der Waals surface area contributed by atoms with Gasteiger partial charge in [-0.1, -0.05) is 25.4 Å². The van der Waals surface area contributed by atoms with E-state index in [1.807, 2.05) is 6.20 Å². The molecule has 1 nitrogen and oxygen atoms in total. The normalized spacial score (nSPS) is 36.2. The van der Waals surface area contributed by atoms with Gasteiger partial charge >= 0.3 is 0 Å². The van der Waals surface area contributed by atoms with Gasteiger partial charge in [-0.2, -0.15) is 0 Å². The second kappa shape index (κ2) is 3.35. The molecule has 0 amide bonds. The van der Waals surface area contributed by atoms with Gasteiger partial charge in [-0.25, -0.2) is 0 Å². The van der Waals surface area contributed by atoms with Crippen molar-refractivity contribution in [2.24, 2.45) is 0 Å². The van der Waals surface area contributed by atoms with E-state index in [1.54, 1.807) is 0 Å². The van der Waals surface area contributed by atoms with Gasteiger partial charge in [0, 0.05) is 11.6 Å². The molecule has 3 aliphatic carbocycles. The highest BCUT2D eigenvalue weighted by atomic mass is 127. The monoisotopic (exact) mass is 347 g/mol. The molecule has 0 N–H and O–H groups in total. The van der Waals surface area contributed by atoms with E-state index in [-0.39, 0.29) is 10.8 Å². The number of pyridine rings is 1. The second-order valence-corrected chi connectivity index (χ2v) is 7.31. The van der Waals surface area contributed by atoms with Crippen LogP contribution in [0.2, 0.25) is 5.02 Å². The Morgan fingerprint density at radius 1 is 1.19 bits per heavy atom. The van der Waals surface area contributed by atoms with Gasteiger partial charge in [0.25, 0.3) is 0 Å². The zero-order valence-electron chi connectivity index (χ0n) is 9.61. The maximum atomic E-state index is 6.51. The summed E-state index contributed by atoms with van der Waals surface area (Å²) in [5, 5.41) is 0.957. The lowest BCUT2D eigenvalue weighted by Crippen LogP contribution is -2.45. The molecule has 0 spiro atoms. The molecular formula is C13H15ClIN. The Balaban J connectivity index is 2.34. The third-order valence-corrected chi connectivity index (χ3v) is 6.13. The number of hydrogen-bond donors (Lipinski definition) is 0. The van der Waals surface area contributed by atoms with Crippen LogP contribution in [0, 0.1) is 3.57 Å². The Hall–Kier alpha value is 0.170. The summed E-state index contributed by atoms with van der Waals surface area (Å²) >= 11 is 8.80. The quantitative estimate of drug-likeness (QED) is 0.632.